The smallest absolute Gasteiger partial charge is 0.222 e. The van der Waals surface area contributed by atoms with Crippen LogP contribution in [-0.2, 0) is 9.53 Å². The summed E-state index contributed by atoms with van der Waals surface area (Å²) in [7, 11) is 0. The second-order valence-corrected chi connectivity index (χ2v) is 4.83. The minimum absolute atomic E-state index is 0. The first kappa shape index (κ1) is 17.7. The van der Waals surface area contributed by atoms with Crippen molar-refractivity contribution in [2.75, 3.05) is 26.2 Å². The van der Waals surface area contributed by atoms with E-state index in [2.05, 4.69) is 0 Å². The number of carbonyl (C=O) groups excluding carboxylic acids is 1. The standard InChI is InChI=1S/C13H26N2O2.ClH/c1-12-11-15(9-6-10-17-12)13(16)7-4-2-3-5-8-14;/h12H,2-11,14H2,1H3;1H. The molecule has 0 aromatic carbocycles. The van der Waals surface area contributed by atoms with Gasteiger partial charge in [-0.2, -0.15) is 0 Å². The Bertz CT molecular complexity index is 227. The zero-order chi connectivity index (χ0) is 12.5. The molecule has 1 atom stereocenters. The largest absolute Gasteiger partial charge is 0.377 e. The van der Waals surface area contributed by atoms with Gasteiger partial charge in [0.25, 0.3) is 0 Å². The van der Waals surface area contributed by atoms with E-state index in [9.17, 15) is 4.79 Å². The van der Waals surface area contributed by atoms with Crippen LogP contribution < -0.4 is 5.73 Å². The molecule has 5 heteroatoms. The number of rotatable bonds is 6. The average molecular weight is 279 g/mol. The summed E-state index contributed by atoms with van der Waals surface area (Å²) >= 11 is 0. The van der Waals surface area contributed by atoms with Crippen LogP contribution in [0.2, 0.25) is 0 Å². The van der Waals surface area contributed by atoms with Gasteiger partial charge in [-0.25, -0.2) is 0 Å². The minimum atomic E-state index is 0. The van der Waals surface area contributed by atoms with Gasteiger partial charge in [-0.15, -0.1) is 12.4 Å². The first-order chi connectivity index (χ1) is 8.24. The van der Waals surface area contributed by atoms with Crippen molar-refractivity contribution in [1.82, 2.24) is 4.90 Å². The summed E-state index contributed by atoms with van der Waals surface area (Å²) in [6.45, 7) is 5.18. The van der Waals surface area contributed by atoms with Crippen molar-refractivity contribution >= 4 is 18.3 Å². The molecule has 0 aromatic heterocycles. The molecular weight excluding hydrogens is 252 g/mol. The van der Waals surface area contributed by atoms with Crippen molar-refractivity contribution < 1.29 is 9.53 Å². The second kappa shape index (κ2) is 10.6. The van der Waals surface area contributed by atoms with Gasteiger partial charge >= 0.3 is 0 Å². The van der Waals surface area contributed by atoms with Gasteiger partial charge in [0, 0.05) is 26.1 Å². The van der Waals surface area contributed by atoms with Gasteiger partial charge in [0.2, 0.25) is 5.91 Å². The maximum atomic E-state index is 12.0. The third kappa shape index (κ3) is 7.19. The minimum Gasteiger partial charge on any atom is -0.377 e. The molecule has 0 saturated carbocycles. The van der Waals surface area contributed by atoms with Crippen LogP contribution in [0.1, 0.15) is 45.4 Å². The van der Waals surface area contributed by atoms with Gasteiger partial charge in [-0.3, -0.25) is 4.79 Å². The third-order valence-corrected chi connectivity index (χ3v) is 3.15. The van der Waals surface area contributed by atoms with Gasteiger partial charge in [-0.1, -0.05) is 12.8 Å². The lowest BCUT2D eigenvalue weighted by molar-refractivity contribution is -0.132. The Hall–Kier alpha value is -0.320. The normalized spacial score (nSPS) is 20.1. The number of ether oxygens (including phenoxy) is 1. The van der Waals surface area contributed by atoms with Crippen molar-refractivity contribution in [2.45, 2.75) is 51.6 Å². The summed E-state index contributed by atoms with van der Waals surface area (Å²) in [6.07, 6.45) is 6.14. The summed E-state index contributed by atoms with van der Waals surface area (Å²) < 4.78 is 5.53. The van der Waals surface area contributed by atoms with Crippen LogP contribution in [0.15, 0.2) is 0 Å². The molecule has 1 unspecified atom stereocenters. The fraction of sp³-hybridized carbons (Fsp3) is 0.923. The van der Waals surface area contributed by atoms with Crippen LogP contribution in [0.5, 0.6) is 0 Å². The van der Waals surface area contributed by atoms with E-state index in [4.69, 9.17) is 10.5 Å². The zero-order valence-electron chi connectivity index (χ0n) is 11.4. The van der Waals surface area contributed by atoms with E-state index in [1.807, 2.05) is 11.8 Å². The molecule has 0 bridgehead atoms. The Kier molecular flexibility index (Phi) is 10.4. The molecule has 1 saturated heterocycles. The Morgan fingerprint density at radius 1 is 1.33 bits per heavy atom. The first-order valence-electron chi connectivity index (χ1n) is 6.83. The van der Waals surface area contributed by atoms with Gasteiger partial charge in [0.15, 0.2) is 0 Å². The number of amides is 1. The van der Waals surface area contributed by atoms with Crippen molar-refractivity contribution in [3.8, 4) is 0 Å². The third-order valence-electron chi connectivity index (χ3n) is 3.15. The predicted molar refractivity (Wildman–Crippen MR) is 76.0 cm³/mol. The van der Waals surface area contributed by atoms with E-state index in [1.54, 1.807) is 0 Å². The van der Waals surface area contributed by atoms with Gasteiger partial charge in [0.1, 0.15) is 0 Å². The van der Waals surface area contributed by atoms with Crippen molar-refractivity contribution in [3.05, 3.63) is 0 Å². The van der Waals surface area contributed by atoms with Gasteiger partial charge in [0.05, 0.1) is 6.10 Å². The van der Waals surface area contributed by atoms with E-state index >= 15 is 0 Å². The lowest BCUT2D eigenvalue weighted by atomic mass is 10.1. The number of hydrogen-bond donors (Lipinski definition) is 1. The highest BCUT2D eigenvalue weighted by Gasteiger charge is 2.18. The number of nitrogens with zero attached hydrogens (tertiary/aromatic N) is 1. The molecule has 1 amide bonds. The summed E-state index contributed by atoms with van der Waals surface area (Å²) in [5, 5.41) is 0. The first-order valence-corrected chi connectivity index (χ1v) is 6.83. The number of halogens is 1. The van der Waals surface area contributed by atoms with E-state index in [0.29, 0.717) is 6.42 Å². The zero-order valence-corrected chi connectivity index (χ0v) is 12.2. The highest BCUT2D eigenvalue weighted by atomic mass is 35.5. The molecule has 0 aliphatic carbocycles. The molecule has 0 aromatic rings. The van der Waals surface area contributed by atoms with Crippen LogP contribution >= 0.6 is 12.4 Å². The van der Waals surface area contributed by atoms with Gasteiger partial charge < -0.3 is 15.4 Å². The highest BCUT2D eigenvalue weighted by Crippen LogP contribution is 2.10. The fourth-order valence-electron chi connectivity index (χ4n) is 2.15. The molecule has 1 aliphatic rings. The van der Waals surface area contributed by atoms with Crippen LogP contribution in [0.3, 0.4) is 0 Å². The van der Waals surface area contributed by atoms with Gasteiger partial charge in [-0.05, 0) is 32.7 Å². The second-order valence-electron chi connectivity index (χ2n) is 4.83. The maximum Gasteiger partial charge on any atom is 0.222 e. The lowest BCUT2D eigenvalue weighted by Crippen LogP contribution is -2.35. The van der Waals surface area contributed by atoms with Crippen molar-refractivity contribution in [1.29, 1.82) is 0 Å². The number of hydrogen-bond acceptors (Lipinski definition) is 3. The average Bonchev–Trinajstić information content (AvgIpc) is 2.53. The van der Waals surface area contributed by atoms with Crippen molar-refractivity contribution in [2.24, 2.45) is 5.73 Å². The molecule has 1 heterocycles. The summed E-state index contributed by atoms with van der Waals surface area (Å²) in [5.41, 5.74) is 5.43. The molecule has 4 nitrogen and oxygen atoms in total. The Labute approximate surface area is 117 Å². The summed E-state index contributed by atoms with van der Waals surface area (Å²) in [4.78, 5) is 13.9. The van der Waals surface area contributed by atoms with Crippen LogP contribution in [-0.4, -0.2) is 43.2 Å². The van der Waals surface area contributed by atoms with E-state index in [0.717, 1.165) is 58.3 Å². The topological polar surface area (TPSA) is 55.6 Å². The van der Waals surface area contributed by atoms with E-state index in [-0.39, 0.29) is 24.4 Å². The number of nitrogens with two attached hydrogens (primary N) is 1. The van der Waals surface area contributed by atoms with Crippen LogP contribution in [0.4, 0.5) is 0 Å². The SMILES string of the molecule is CC1CN(C(=O)CCCCCCN)CCCO1.Cl. The Balaban J connectivity index is 0.00000289. The molecule has 0 spiro atoms. The molecule has 18 heavy (non-hydrogen) atoms. The van der Waals surface area contributed by atoms with Crippen LogP contribution in [0.25, 0.3) is 0 Å². The van der Waals surface area contributed by atoms with E-state index in [1.165, 1.54) is 0 Å². The Morgan fingerprint density at radius 3 is 2.78 bits per heavy atom. The molecule has 0 radical (unpaired) electrons. The lowest BCUT2D eigenvalue weighted by Gasteiger charge is -2.22. The summed E-state index contributed by atoms with van der Waals surface area (Å²) in [5.74, 6) is 0.287. The molecule has 1 rings (SSSR count). The monoisotopic (exact) mass is 278 g/mol. The number of unbranched alkanes of at least 4 members (excludes halogenated alkanes) is 3. The number of carbonyl (C=O) groups is 1. The Morgan fingerprint density at radius 2 is 2.06 bits per heavy atom. The molecule has 1 fully saturated rings. The predicted octanol–water partition coefficient (Wildman–Crippen LogP) is 1.95. The quantitative estimate of drug-likeness (QED) is 0.756. The van der Waals surface area contributed by atoms with Crippen LogP contribution in [0, 0.1) is 0 Å². The molecule has 108 valence electrons. The maximum absolute atomic E-state index is 12.0. The molecular formula is C13H27ClN2O2. The van der Waals surface area contributed by atoms with E-state index < -0.39 is 0 Å². The highest BCUT2D eigenvalue weighted by molar-refractivity contribution is 5.85. The molecule has 2 N–H and O–H groups in total. The van der Waals surface area contributed by atoms with Crippen molar-refractivity contribution in [3.63, 3.8) is 0 Å². The molecule has 1 aliphatic heterocycles. The fourth-order valence-corrected chi connectivity index (χ4v) is 2.15. The summed E-state index contributed by atoms with van der Waals surface area (Å²) in [6, 6.07) is 0.